The van der Waals surface area contributed by atoms with Gasteiger partial charge in [0.05, 0.1) is 23.2 Å². The van der Waals surface area contributed by atoms with Gasteiger partial charge in [-0.3, -0.25) is 24.8 Å². The van der Waals surface area contributed by atoms with Crippen molar-refractivity contribution in [3.8, 4) is 0 Å². The first-order valence-corrected chi connectivity index (χ1v) is 7.77. The highest BCUT2D eigenvalue weighted by Gasteiger charge is 2.40. The number of alkyl halides is 3. The predicted molar refractivity (Wildman–Crippen MR) is 87.2 cm³/mol. The fourth-order valence-electron chi connectivity index (χ4n) is 2.56. The quantitative estimate of drug-likeness (QED) is 0.624. The van der Waals surface area contributed by atoms with E-state index < -0.39 is 35.5 Å². The zero-order valence-corrected chi connectivity index (χ0v) is 13.7. The van der Waals surface area contributed by atoms with E-state index in [1.54, 1.807) is 6.07 Å². The fourth-order valence-corrected chi connectivity index (χ4v) is 2.56. The van der Waals surface area contributed by atoms with E-state index in [2.05, 4.69) is 15.8 Å². The Kier molecular flexibility index (Phi) is 4.91. The molecule has 0 spiro atoms. The number of anilines is 1. The minimum Gasteiger partial charge on any atom is -0.287 e. The lowest BCUT2D eigenvalue weighted by Gasteiger charge is -2.17. The molecule has 1 aromatic heterocycles. The van der Waals surface area contributed by atoms with Crippen molar-refractivity contribution < 1.29 is 27.6 Å². The molecule has 2 N–H and O–H groups in total. The fraction of sp³-hybridized carbons (Fsp3) is 0.176. The van der Waals surface area contributed by atoms with Crippen LogP contribution in [-0.4, -0.2) is 28.7 Å². The molecule has 140 valence electrons. The summed E-state index contributed by atoms with van der Waals surface area (Å²) in [7, 11) is 0. The third-order valence-electron chi connectivity index (χ3n) is 3.86. The maximum atomic E-state index is 12.8. The van der Waals surface area contributed by atoms with E-state index in [-0.39, 0.29) is 17.7 Å². The van der Waals surface area contributed by atoms with Crippen molar-refractivity contribution in [1.29, 1.82) is 0 Å². The second-order valence-corrected chi connectivity index (χ2v) is 5.71. The van der Waals surface area contributed by atoms with E-state index in [1.165, 1.54) is 24.5 Å². The average Bonchev–Trinajstić information content (AvgIpc) is 2.93. The Hall–Kier alpha value is -3.27. The molecule has 1 saturated heterocycles. The van der Waals surface area contributed by atoms with Crippen molar-refractivity contribution in [3.63, 3.8) is 0 Å². The van der Waals surface area contributed by atoms with Crippen LogP contribution >= 0.6 is 0 Å². The largest absolute Gasteiger partial charge is 0.416 e. The molecule has 27 heavy (non-hydrogen) atoms. The number of imide groups is 1. The van der Waals surface area contributed by atoms with Crippen LogP contribution in [0.5, 0.6) is 0 Å². The van der Waals surface area contributed by atoms with Gasteiger partial charge in [0.2, 0.25) is 5.91 Å². The summed E-state index contributed by atoms with van der Waals surface area (Å²) >= 11 is 0. The van der Waals surface area contributed by atoms with Crippen molar-refractivity contribution in [1.82, 2.24) is 15.8 Å². The second kappa shape index (κ2) is 7.16. The number of hydrogen-bond donors (Lipinski definition) is 2. The molecule has 1 aliphatic rings. The summed E-state index contributed by atoms with van der Waals surface area (Å²) in [6, 6.07) is 5.89. The normalized spacial score (nSPS) is 17.3. The van der Waals surface area contributed by atoms with Gasteiger partial charge in [-0.2, -0.15) is 13.2 Å². The number of nitrogens with zero attached hydrogens (tertiary/aromatic N) is 2. The molecule has 2 heterocycles. The molecule has 2 aromatic rings. The summed E-state index contributed by atoms with van der Waals surface area (Å²) in [5, 5.41) is 0. The van der Waals surface area contributed by atoms with Gasteiger partial charge in [0.1, 0.15) is 6.04 Å². The van der Waals surface area contributed by atoms with Gasteiger partial charge in [0.15, 0.2) is 0 Å². The number of carbonyl (C=O) groups excluding carboxylic acids is 3. The molecular weight excluding hydrogens is 365 g/mol. The maximum Gasteiger partial charge on any atom is 0.416 e. The molecule has 7 nitrogen and oxygen atoms in total. The summed E-state index contributed by atoms with van der Waals surface area (Å²) in [5.74, 6) is -2.00. The monoisotopic (exact) mass is 378 g/mol. The lowest BCUT2D eigenvalue weighted by molar-refractivity contribution is -0.137. The minimum atomic E-state index is -4.60. The summed E-state index contributed by atoms with van der Waals surface area (Å²) in [5.41, 5.74) is 3.82. The summed E-state index contributed by atoms with van der Waals surface area (Å²) in [6.07, 6.45) is -2.11. The first-order valence-electron chi connectivity index (χ1n) is 7.77. The molecular formula is C17H13F3N4O3. The highest BCUT2D eigenvalue weighted by atomic mass is 19.4. The smallest absolute Gasteiger partial charge is 0.287 e. The van der Waals surface area contributed by atoms with Crippen LogP contribution in [0.2, 0.25) is 0 Å². The number of rotatable bonds is 4. The van der Waals surface area contributed by atoms with Crippen LogP contribution in [0, 0.1) is 0 Å². The van der Waals surface area contributed by atoms with Crippen LogP contribution in [0.25, 0.3) is 0 Å². The van der Waals surface area contributed by atoms with Gasteiger partial charge in [0, 0.05) is 12.4 Å². The standard InChI is InChI=1S/C17H13F3N4O3/c18-17(19,20)11-4-1-5-12(7-11)24-14(25)8-13(16(24)27)22-23-15(26)10-3-2-6-21-9-10/h1-7,9,13,22H,8H2,(H,23,26)/t13-/m0/s1. The first-order chi connectivity index (χ1) is 12.8. The number of nitrogens with one attached hydrogen (secondary N) is 2. The topological polar surface area (TPSA) is 91.4 Å². The van der Waals surface area contributed by atoms with Gasteiger partial charge in [-0.05, 0) is 30.3 Å². The number of pyridine rings is 1. The number of benzene rings is 1. The number of aromatic nitrogens is 1. The number of hydrazine groups is 1. The van der Waals surface area contributed by atoms with E-state index in [4.69, 9.17) is 0 Å². The predicted octanol–water partition coefficient (Wildman–Crippen LogP) is 1.67. The molecule has 1 aliphatic heterocycles. The lowest BCUT2D eigenvalue weighted by atomic mass is 10.2. The minimum absolute atomic E-state index is 0.178. The van der Waals surface area contributed by atoms with Crippen molar-refractivity contribution in [3.05, 3.63) is 59.9 Å². The van der Waals surface area contributed by atoms with Crippen LogP contribution < -0.4 is 15.8 Å². The van der Waals surface area contributed by atoms with E-state index in [1.807, 2.05) is 0 Å². The zero-order valence-electron chi connectivity index (χ0n) is 13.7. The van der Waals surface area contributed by atoms with Gasteiger partial charge in [0.25, 0.3) is 11.8 Å². The average molecular weight is 378 g/mol. The van der Waals surface area contributed by atoms with E-state index >= 15 is 0 Å². The summed E-state index contributed by atoms with van der Waals surface area (Å²) in [6.45, 7) is 0. The maximum absolute atomic E-state index is 12.8. The van der Waals surface area contributed by atoms with Crippen molar-refractivity contribution >= 4 is 23.4 Å². The van der Waals surface area contributed by atoms with Gasteiger partial charge in [-0.15, -0.1) is 0 Å². The molecule has 1 atom stereocenters. The highest BCUT2D eigenvalue weighted by molar-refractivity contribution is 6.22. The zero-order chi connectivity index (χ0) is 19.6. The van der Waals surface area contributed by atoms with Gasteiger partial charge < -0.3 is 0 Å². The van der Waals surface area contributed by atoms with Crippen molar-refractivity contribution in [2.24, 2.45) is 0 Å². The Morgan fingerprint density at radius 1 is 1.19 bits per heavy atom. The van der Waals surface area contributed by atoms with Crippen molar-refractivity contribution in [2.75, 3.05) is 4.90 Å². The number of hydrogen-bond acceptors (Lipinski definition) is 5. The Morgan fingerprint density at radius 3 is 2.63 bits per heavy atom. The molecule has 3 amide bonds. The summed E-state index contributed by atoms with van der Waals surface area (Å²) < 4.78 is 38.5. The van der Waals surface area contributed by atoms with E-state index in [0.717, 1.165) is 18.2 Å². The van der Waals surface area contributed by atoms with Crippen LogP contribution in [0.4, 0.5) is 18.9 Å². The van der Waals surface area contributed by atoms with Gasteiger partial charge in [-0.1, -0.05) is 6.07 Å². The van der Waals surface area contributed by atoms with Crippen LogP contribution in [0.15, 0.2) is 48.8 Å². The SMILES string of the molecule is O=C(NN[C@H]1CC(=O)N(c2cccc(C(F)(F)F)c2)C1=O)c1cccnc1. The van der Waals surface area contributed by atoms with Gasteiger partial charge in [-0.25, -0.2) is 10.3 Å². The molecule has 10 heteroatoms. The second-order valence-electron chi connectivity index (χ2n) is 5.71. The lowest BCUT2D eigenvalue weighted by Crippen LogP contribution is -2.48. The molecule has 1 aromatic carbocycles. The Balaban J connectivity index is 1.71. The van der Waals surface area contributed by atoms with Crippen molar-refractivity contribution in [2.45, 2.75) is 18.6 Å². The number of amides is 3. The Morgan fingerprint density at radius 2 is 1.96 bits per heavy atom. The molecule has 0 aliphatic carbocycles. The van der Waals surface area contributed by atoms with E-state index in [0.29, 0.717) is 4.90 Å². The molecule has 0 bridgehead atoms. The van der Waals surface area contributed by atoms with Crippen LogP contribution in [0.1, 0.15) is 22.3 Å². The number of halogens is 3. The summed E-state index contributed by atoms with van der Waals surface area (Å²) in [4.78, 5) is 41.0. The molecule has 0 radical (unpaired) electrons. The molecule has 3 rings (SSSR count). The number of carbonyl (C=O) groups is 3. The molecule has 1 fully saturated rings. The first kappa shape index (κ1) is 18.5. The third kappa shape index (κ3) is 3.95. The Labute approximate surface area is 151 Å². The Bertz CT molecular complexity index is 886. The van der Waals surface area contributed by atoms with Crippen LogP contribution in [0.3, 0.4) is 0 Å². The van der Waals surface area contributed by atoms with Crippen LogP contribution in [-0.2, 0) is 15.8 Å². The molecule has 0 saturated carbocycles. The van der Waals surface area contributed by atoms with E-state index in [9.17, 15) is 27.6 Å². The molecule has 0 unspecified atom stereocenters. The third-order valence-corrected chi connectivity index (χ3v) is 3.86. The highest BCUT2D eigenvalue weighted by Crippen LogP contribution is 2.32. The van der Waals surface area contributed by atoms with Gasteiger partial charge >= 0.3 is 6.18 Å².